The molecule has 0 amide bonds. The number of alkyl halides is 1. The van der Waals surface area contributed by atoms with Crippen LogP contribution in [0, 0.1) is 0 Å². The van der Waals surface area contributed by atoms with E-state index >= 15 is 0 Å². The number of hydrogen-bond acceptors (Lipinski definition) is 2. The molecular weight excluding hydrogens is 200 g/mol. The average Bonchev–Trinajstić information content (AvgIpc) is 2.05. The van der Waals surface area contributed by atoms with Crippen LogP contribution < -0.4 is 0 Å². The van der Waals surface area contributed by atoms with Gasteiger partial charge in [-0.2, -0.15) is 0 Å². The predicted octanol–water partition coefficient (Wildman–Crippen LogP) is 1.50. The van der Waals surface area contributed by atoms with Gasteiger partial charge in [0.05, 0.1) is 0 Å². The Kier molecular flexibility index (Phi) is 6.75. The van der Waals surface area contributed by atoms with Crippen LogP contribution in [0.1, 0.15) is 5.56 Å². The summed E-state index contributed by atoms with van der Waals surface area (Å²) >= 11 is 5.53. The molecule has 5 heteroatoms. The molecule has 0 saturated heterocycles. The van der Waals surface area contributed by atoms with Crippen molar-refractivity contribution in [2.75, 3.05) is 0 Å². The largest absolute Gasteiger partial charge is 0.288 e. The van der Waals surface area contributed by atoms with Gasteiger partial charge in [-0.1, -0.05) is 30.3 Å². The van der Waals surface area contributed by atoms with Gasteiger partial charge in [0.1, 0.15) is 0 Å². The van der Waals surface area contributed by atoms with Crippen LogP contribution in [-0.2, 0) is 16.9 Å². The summed E-state index contributed by atoms with van der Waals surface area (Å²) < 4.78 is 24.2. The van der Waals surface area contributed by atoms with Crippen LogP contribution in [0.15, 0.2) is 30.3 Å². The molecule has 0 radical (unpaired) electrons. The zero-order chi connectivity index (χ0) is 9.40. The molecule has 3 nitrogen and oxygen atoms in total. The van der Waals surface area contributed by atoms with Crippen molar-refractivity contribution in [1.29, 1.82) is 0 Å². The predicted molar refractivity (Wildman–Crippen MR) is 48.9 cm³/mol. The van der Waals surface area contributed by atoms with Gasteiger partial charge in [0.2, 0.25) is 0 Å². The van der Waals surface area contributed by atoms with Gasteiger partial charge in [0.15, 0.2) is 0 Å². The molecule has 0 aromatic heterocycles. The maximum Gasteiger partial charge on any atom is 0.254 e. The van der Waals surface area contributed by atoms with Crippen molar-refractivity contribution in [3.05, 3.63) is 35.9 Å². The third-order valence-corrected chi connectivity index (χ3v) is 1.31. The second-order valence-electron chi connectivity index (χ2n) is 1.86. The zero-order valence-corrected chi connectivity index (χ0v) is 7.83. The lowest BCUT2D eigenvalue weighted by molar-refractivity contribution is 0.509. The first-order valence-corrected chi connectivity index (χ1v) is 4.76. The molecule has 0 fully saturated rings. The Morgan fingerprint density at radius 3 is 1.92 bits per heavy atom. The summed E-state index contributed by atoms with van der Waals surface area (Å²) in [7, 11) is -3.12. The van der Waals surface area contributed by atoms with Crippen LogP contribution in [0.25, 0.3) is 0 Å². The quantitative estimate of drug-likeness (QED) is 0.418. The van der Waals surface area contributed by atoms with E-state index in [1.807, 2.05) is 30.3 Å². The van der Waals surface area contributed by atoms with E-state index in [2.05, 4.69) is 0 Å². The normalized spacial score (nSPS) is 8.92. The van der Waals surface area contributed by atoms with Gasteiger partial charge in [0.25, 0.3) is 11.0 Å². The molecule has 0 heterocycles. The van der Waals surface area contributed by atoms with Crippen LogP contribution in [0.3, 0.4) is 0 Å². The highest BCUT2D eigenvalue weighted by Gasteiger charge is 1.81. The number of hydrogen-bond donors (Lipinski definition) is 2. The molecule has 0 aliphatic heterocycles. The highest BCUT2D eigenvalue weighted by atomic mass is 35.5. The summed E-state index contributed by atoms with van der Waals surface area (Å²) in [6.45, 7) is 0. The van der Waals surface area contributed by atoms with Crippen LogP contribution >= 0.6 is 11.6 Å². The standard InChI is InChI=1S/C7H7Cl.H2O3S/c8-6-7-4-2-1-3-5-7;1-4(2)3/h1-5H,6H2;4H,(H,1,2,3). The maximum atomic E-state index is 8.59. The highest BCUT2D eigenvalue weighted by molar-refractivity contribution is 7.66. The first-order chi connectivity index (χ1) is 5.66. The lowest BCUT2D eigenvalue weighted by Gasteiger charge is -1.88. The fourth-order valence-corrected chi connectivity index (χ4v) is 0.745. The van der Waals surface area contributed by atoms with E-state index in [1.165, 1.54) is 5.56 Å². The third kappa shape index (κ3) is 7.53. The minimum atomic E-state index is -3.12. The zero-order valence-electron chi connectivity index (χ0n) is 6.18. The molecule has 0 spiro atoms. The van der Waals surface area contributed by atoms with Crippen molar-refractivity contribution in [1.82, 2.24) is 0 Å². The maximum absolute atomic E-state index is 8.59. The van der Waals surface area contributed by atoms with E-state index in [4.69, 9.17) is 24.6 Å². The Morgan fingerprint density at radius 2 is 1.67 bits per heavy atom. The molecule has 1 aromatic carbocycles. The summed E-state index contributed by atoms with van der Waals surface area (Å²) in [6.07, 6.45) is 0. The minimum Gasteiger partial charge on any atom is -0.288 e. The van der Waals surface area contributed by atoms with Gasteiger partial charge in [-0.15, -0.1) is 11.6 Å². The molecular formula is C7H9ClO3S. The molecule has 0 saturated carbocycles. The molecule has 1 N–H and O–H groups in total. The third-order valence-electron chi connectivity index (χ3n) is 0.997. The van der Waals surface area contributed by atoms with Gasteiger partial charge in [-0.05, 0) is 5.56 Å². The molecule has 68 valence electrons. The molecule has 1 aromatic rings. The van der Waals surface area contributed by atoms with Gasteiger partial charge in [-0.3, -0.25) is 4.55 Å². The number of halogens is 1. The summed E-state index contributed by atoms with van der Waals surface area (Å²) in [5.74, 6) is 0.612. The minimum absolute atomic E-state index is 0.612. The number of thiol groups is 1. The summed E-state index contributed by atoms with van der Waals surface area (Å²) in [6, 6.07) is 9.96. The second kappa shape index (κ2) is 7.09. The fourth-order valence-electron chi connectivity index (χ4n) is 0.567. The van der Waals surface area contributed by atoms with E-state index in [0.29, 0.717) is 5.88 Å². The van der Waals surface area contributed by atoms with E-state index in [-0.39, 0.29) is 0 Å². The molecule has 0 aliphatic carbocycles. The summed E-state index contributed by atoms with van der Waals surface area (Å²) in [4.78, 5) is 0. The van der Waals surface area contributed by atoms with Gasteiger partial charge in [-0.25, -0.2) is 8.42 Å². The van der Waals surface area contributed by atoms with Gasteiger partial charge < -0.3 is 0 Å². The first kappa shape index (κ1) is 11.4. The first-order valence-electron chi connectivity index (χ1n) is 3.10. The second-order valence-corrected chi connectivity index (χ2v) is 2.60. The van der Waals surface area contributed by atoms with E-state index in [9.17, 15) is 0 Å². The van der Waals surface area contributed by atoms with Gasteiger partial charge >= 0.3 is 0 Å². The van der Waals surface area contributed by atoms with Crippen molar-refractivity contribution in [2.45, 2.75) is 5.88 Å². The SMILES string of the molecule is ClCc1ccccc1.O=[SH](=O)O. The van der Waals surface area contributed by atoms with Crippen LogP contribution in [0.2, 0.25) is 0 Å². The lowest BCUT2D eigenvalue weighted by Crippen LogP contribution is -1.71. The molecule has 0 atom stereocenters. The Bertz CT molecular complexity index is 263. The van der Waals surface area contributed by atoms with Crippen molar-refractivity contribution >= 4 is 22.6 Å². The lowest BCUT2D eigenvalue weighted by atomic mass is 10.2. The summed E-state index contributed by atoms with van der Waals surface area (Å²) in [5.41, 5.74) is 1.18. The van der Waals surface area contributed by atoms with Crippen molar-refractivity contribution in [2.24, 2.45) is 0 Å². The number of benzene rings is 1. The van der Waals surface area contributed by atoms with Crippen LogP contribution in [0.4, 0.5) is 0 Å². The molecule has 0 unspecified atom stereocenters. The van der Waals surface area contributed by atoms with Crippen molar-refractivity contribution in [3.8, 4) is 0 Å². The van der Waals surface area contributed by atoms with E-state index < -0.39 is 11.0 Å². The van der Waals surface area contributed by atoms with Gasteiger partial charge in [0, 0.05) is 5.88 Å². The Morgan fingerprint density at radius 1 is 1.25 bits per heavy atom. The molecule has 0 aliphatic rings. The molecule has 0 bridgehead atoms. The summed E-state index contributed by atoms with van der Waals surface area (Å²) in [5, 5.41) is 0. The topological polar surface area (TPSA) is 54.4 Å². The monoisotopic (exact) mass is 208 g/mol. The highest BCUT2D eigenvalue weighted by Crippen LogP contribution is 2.00. The smallest absolute Gasteiger partial charge is 0.254 e. The molecule has 1 rings (SSSR count). The Labute approximate surface area is 77.8 Å². The molecule has 12 heavy (non-hydrogen) atoms. The average molecular weight is 209 g/mol. The Balaban J connectivity index is 0.000000261. The van der Waals surface area contributed by atoms with Crippen LogP contribution in [0.5, 0.6) is 0 Å². The van der Waals surface area contributed by atoms with Crippen molar-refractivity contribution in [3.63, 3.8) is 0 Å². The van der Waals surface area contributed by atoms with E-state index in [1.54, 1.807) is 0 Å². The number of rotatable bonds is 1. The van der Waals surface area contributed by atoms with Crippen molar-refractivity contribution < 1.29 is 13.0 Å². The van der Waals surface area contributed by atoms with E-state index in [0.717, 1.165) is 0 Å². The van der Waals surface area contributed by atoms with Crippen LogP contribution in [-0.4, -0.2) is 13.0 Å². The Hall–Kier alpha value is -0.580. The fraction of sp³-hybridized carbons (Fsp3) is 0.143.